The van der Waals surface area contributed by atoms with Gasteiger partial charge in [0, 0.05) is 12.5 Å². The molecule has 0 bridgehead atoms. The van der Waals surface area contributed by atoms with Crippen LogP contribution in [0.4, 0.5) is 0 Å². The van der Waals surface area contributed by atoms with Crippen LogP contribution in [0.25, 0.3) is 5.76 Å². The van der Waals surface area contributed by atoms with E-state index in [0.717, 1.165) is 23.0 Å². The second-order valence-corrected chi connectivity index (χ2v) is 4.97. The van der Waals surface area contributed by atoms with Crippen LogP contribution in [-0.4, -0.2) is 38.6 Å². The van der Waals surface area contributed by atoms with Gasteiger partial charge in [0.2, 0.25) is 11.6 Å². The van der Waals surface area contributed by atoms with E-state index in [9.17, 15) is 9.90 Å². The minimum Gasteiger partial charge on any atom is -0.504 e. The number of allylic oxidation sites excluding steroid dienone is 1. The first kappa shape index (κ1) is 15.5. The number of carbonyl (C=O) groups is 1. The van der Waals surface area contributed by atoms with Gasteiger partial charge in [-0.3, -0.25) is 4.79 Å². The number of tetrazole rings is 1. The van der Waals surface area contributed by atoms with Crippen molar-refractivity contribution in [3.8, 4) is 5.75 Å². The normalized spacial score (nSPS) is 11.5. The van der Waals surface area contributed by atoms with Crippen LogP contribution in [-0.2, 0) is 6.42 Å². The summed E-state index contributed by atoms with van der Waals surface area (Å²) in [5.74, 6) is -0.0362. The highest BCUT2D eigenvalue weighted by Gasteiger charge is 2.13. The first-order valence-electron chi connectivity index (χ1n) is 7.05. The minimum absolute atomic E-state index is 0.0617. The molecule has 0 saturated carbocycles. The van der Waals surface area contributed by atoms with Gasteiger partial charge in [0.15, 0.2) is 11.5 Å². The van der Waals surface area contributed by atoms with Gasteiger partial charge in [0.25, 0.3) is 0 Å². The number of aromatic amines is 1. The number of H-pyrrole nitrogens is 1. The van der Waals surface area contributed by atoms with E-state index in [2.05, 4.69) is 20.6 Å². The molecule has 0 aliphatic carbocycles. The molecule has 3 rings (SSSR count). The van der Waals surface area contributed by atoms with Gasteiger partial charge in [-0.2, -0.15) is 5.21 Å². The number of hydrogen-bond acceptors (Lipinski definition) is 7. The number of rotatable bonds is 6. The second kappa shape index (κ2) is 6.78. The van der Waals surface area contributed by atoms with Crippen LogP contribution < -0.4 is 4.74 Å². The van der Waals surface area contributed by atoms with Crippen LogP contribution in [0.5, 0.6) is 5.75 Å². The van der Waals surface area contributed by atoms with Gasteiger partial charge in [-0.05, 0) is 34.5 Å². The molecule has 8 nitrogen and oxygen atoms in total. The largest absolute Gasteiger partial charge is 0.504 e. The second-order valence-electron chi connectivity index (χ2n) is 4.97. The number of furan rings is 1. The standard InChI is InChI=1S/C16H14N4O4/c1-23-12-4-2-10(3-5-12)6-11-7-15(24-9-11)13(21)8-14(22)16-17-19-20-18-16/h2-5,7-9,22H,6H2,1H3,(H,17,18,19,20). The smallest absolute Gasteiger partial charge is 0.239 e. The Kier molecular flexibility index (Phi) is 4.37. The Bertz CT molecular complexity index is 851. The molecular formula is C16H14N4O4. The van der Waals surface area contributed by atoms with Gasteiger partial charge in [0.1, 0.15) is 5.75 Å². The molecule has 0 aliphatic rings. The predicted octanol–water partition coefficient (Wildman–Crippen LogP) is 2.17. The first-order chi connectivity index (χ1) is 11.7. The summed E-state index contributed by atoms with van der Waals surface area (Å²) in [4.78, 5) is 12.1. The van der Waals surface area contributed by atoms with Crippen LogP contribution >= 0.6 is 0 Å². The molecule has 0 atom stereocenters. The number of ether oxygens (including phenoxy) is 1. The zero-order valence-electron chi connectivity index (χ0n) is 12.8. The average Bonchev–Trinajstić information content (AvgIpc) is 3.27. The molecular weight excluding hydrogens is 312 g/mol. The third kappa shape index (κ3) is 3.49. The van der Waals surface area contributed by atoms with E-state index in [1.54, 1.807) is 13.2 Å². The van der Waals surface area contributed by atoms with Crippen molar-refractivity contribution in [2.45, 2.75) is 6.42 Å². The Labute approximate surface area is 136 Å². The lowest BCUT2D eigenvalue weighted by molar-refractivity contribution is 0.102. The maximum absolute atomic E-state index is 12.1. The number of ketones is 1. The Morgan fingerprint density at radius 1 is 1.33 bits per heavy atom. The molecule has 3 aromatic rings. The van der Waals surface area contributed by atoms with Crippen molar-refractivity contribution in [1.82, 2.24) is 20.6 Å². The number of benzene rings is 1. The summed E-state index contributed by atoms with van der Waals surface area (Å²) in [6.45, 7) is 0. The number of hydrogen-bond donors (Lipinski definition) is 2. The summed E-state index contributed by atoms with van der Waals surface area (Å²) < 4.78 is 10.4. The Hall–Kier alpha value is -3.42. The summed E-state index contributed by atoms with van der Waals surface area (Å²) in [7, 11) is 1.61. The first-order valence-corrected chi connectivity index (χ1v) is 7.05. The molecule has 0 saturated heterocycles. The van der Waals surface area contributed by atoms with Crippen LogP contribution in [0.2, 0.25) is 0 Å². The van der Waals surface area contributed by atoms with Crippen molar-refractivity contribution < 1.29 is 19.1 Å². The van der Waals surface area contributed by atoms with Crippen molar-refractivity contribution in [2.24, 2.45) is 0 Å². The number of aliphatic hydroxyl groups excluding tert-OH is 1. The molecule has 0 radical (unpaired) electrons. The Morgan fingerprint density at radius 3 is 2.79 bits per heavy atom. The summed E-state index contributed by atoms with van der Waals surface area (Å²) >= 11 is 0. The fourth-order valence-corrected chi connectivity index (χ4v) is 2.11. The molecule has 2 heterocycles. The van der Waals surface area contributed by atoms with Crippen molar-refractivity contribution in [2.75, 3.05) is 7.11 Å². The van der Waals surface area contributed by atoms with Gasteiger partial charge in [0.05, 0.1) is 13.4 Å². The maximum atomic E-state index is 12.1. The Morgan fingerprint density at radius 2 is 2.12 bits per heavy atom. The molecule has 0 aliphatic heterocycles. The number of carbonyl (C=O) groups excluding carboxylic acids is 1. The van der Waals surface area contributed by atoms with Crippen LogP contribution in [0.1, 0.15) is 27.5 Å². The summed E-state index contributed by atoms with van der Waals surface area (Å²) in [6.07, 6.45) is 3.11. The summed E-state index contributed by atoms with van der Waals surface area (Å²) in [5.41, 5.74) is 1.90. The van der Waals surface area contributed by atoms with E-state index in [-0.39, 0.29) is 17.3 Å². The monoisotopic (exact) mass is 326 g/mol. The maximum Gasteiger partial charge on any atom is 0.239 e. The fourth-order valence-electron chi connectivity index (χ4n) is 2.11. The number of nitrogens with zero attached hydrogens (tertiary/aromatic N) is 3. The molecule has 0 fully saturated rings. The van der Waals surface area contributed by atoms with Crippen LogP contribution in [0.3, 0.4) is 0 Å². The topological polar surface area (TPSA) is 114 Å². The van der Waals surface area contributed by atoms with Crippen LogP contribution in [0, 0.1) is 0 Å². The average molecular weight is 326 g/mol. The van der Waals surface area contributed by atoms with Crippen molar-refractivity contribution in [3.05, 3.63) is 65.4 Å². The SMILES string of the molecule is COc1ccc(Cc2coc(C(=O)C=C(O)c3nn[nH]n3)c2)cc1. The Balaban J connectivity index is 1.70. The van der Waals surface area contributed by atoms with Gasteiger partial charge in [-0.1, -0.05) is 12.1 Å². The summed E-state index contributed by atoms with van der Waals surface area (Å²) in [5, 5.41) is 22.4. The van der Waals surface area contributed by atoms with E-state index in [0.29, 0.717) is 6.42 Å². The lowest BCUT2D eigenvalue weighted by Crippen LogP contribution is -1.96. The molecule has 24 heavy (non-hydrogen) atoms. The third-order valence-electron chi connectivity index (χ3n) is 3.31. The van der Waals surface area contributed by atoms with E-state index in [1.165, 1.54) is 6.26 Å². The fraction of sp³-hybridized carbons (Fsp3) is 0.125. The zero-order valence-corrected chi connectivity index (χ0v) is 12.8. The van der Waals surface area contributed by atoms with Gasteiger partial charge in [-0.15, -0.1) is 10.2 Å². The van der Waals surface area contributed by atoms with E-state index >= 15 is 0 Å². The zero-order chi connectivity index (χ0) is 16.9. The third-order valence-corrected chi connectivity index (χ3v) is 3.31. The van der Waals surface area contributed by atoms with E-state index in [1.807, 2.05) is 24.3 Å². The highest BCUT2D eigenvalue weighted by atomic mass is 16.5. The number of aliphatic hydroxyl groups is 1. The molecule has 2 N–H and O–H groups in total. The molecule has 0 spiro atoms. The highest BCUT2D eigenvalue weighted by molar-refractivity contribution is 6.05. The van der Waals surface area contributed by atoms with E-state index in [4.69, 9.17) is 9.15 Å². The molecule has 0 amide bonds. The quantitative estimate of drug-likeness (QED) is 0.405. The lowest BCUT2D eigenvalue weighted by Gasteiger charge is -2.01. The van der Waals surface area contributed by atoms with Crippen LogP contribution in [0.15, 0.2) is 47.1 Å². The number of aromatic nitrogens is 4. The van der Waals surface area contributed by atoms with Crippen molar-refractivity contribution >= 4 is 11.5 Å². The van der Waals surface area contributed by atoms with E-state index < -0.39 is 5.78 Å². The number of nitrogens with one attached hydrogen (secondary N) is 1. The van der Waals surface area contributed by atoms with Gasteiger partial charge in [-0.25, -0.2) is 0 Å². The highest BCUT2D eigenvalue weighted by Crippen LogP contribution is 2.17. The number of methoxy groups -OCH3 is 1. The van der Waals surface area contributed by atoms with Gasteiger partial charge >= 0.3 is 0 Å². The van der Waals surface area contributed by atoms with Crippen molar-refractivity contribution in [1.29, 1.82) is 0 Å². The van der Waals surface area contributed by atoms with Gasteiger partial charge < -0.3 is 14.3 Å². The minimum atomic E-state index is -0.488. The summed E-state index contributed by atoms with van der Waals surface area (Å²) in [6, 6.07) is 9.25. The molecule has 122 valence electrons. The lowest BCUT2D eigenvalue weighted by atomic mass is 10.1. The predicted molar refractivity (Wildman–Crippen MR) is 83.6 cm³/mol. The molecule has 2 aromatic heterocycles. The molecule has 8 heteroatoms. The molecule has 1 aromatic carbocycles. The molecule has 0 unspecified atom stereocenters. The van der Waals surface area contributed by atoms with Crippen molar-refractivity contribution in [3.63, 3.8) is 0 Å².